The Labute approximate surface area is 199 Å². The molecule has 3 heterocycles. The highest BCUT2D eigenvalue weighted by molar-refractivity contribution is 6.31. The molecule has 0 bridgehead atoms. The molecule has 0 atom stereocenters. The lowest BCUT2D eigenvalue weighted by Gasteiger charge is -2.13. The number of nitrogens with one attached hydrogen (secondary N) is 3. The van der Waals surface area contributed by atoms with Crippen molar-refractivity contribution >= 4 is 35.0 Å². The zero-order chi connectivity index (χ0) is 23.9. The van der Waals surface area contributed by atoms with Gasteiger partial charge in [-0.3, -0.25) is 4.98 Å². The van der Waals surface area contributed by atoms with Crippen molar-refractivity contribution in [2.24, 2.45) is 0 Å². The number of pyridine rings is 1. The van der Waals surface area contributed by atoms with Gasteiger partial charge in [-0.2, -0.15) is 4.98 Å². The van der Waals surface area contributed by atoms with Gasteiger partial charge in [0.25, 0.3) is 0 Å². The molecule has 0 fully saturated rings. The van der Waals surface area contributed by atoms with Crippen LogP contribution in [-0.2, 0) is 11.2 Å². The number of hydrogen-bond donors (Lipinski definition) is 3. The third-order valence-electron chi connectivity index (χ3n) is 4.75. The van der Waals surface area contributed by atoms with Crippen molar-refractivity contribution in [3.8, 4) is 11.1 Å². The smallest absolute Gasteiger partial charge is 0.339 e. The van der Waals surface area contributed by atoms with Crippen LogP contribution in [0.2, 0.25) is 5.02 Å². The number of halogens is 2. The van der Waals surface area contributed by atoms with Crippen molar-refractivity contribution in [1.82, 2.24) is 24.9 Å². The molecule has 0 aliphatic rings. The predicted molar refractivity (Wildman–Crippen MR) is 127 cm³/mol. The Morgan fingerprint density at radius 2 is 2.09 bits per heavy atom. The molecule has 9 nitrogen and oxygen atoms in total. The maximum absolute atomic E-state index is 13.5. The minimum absolute atomic E-state index is 0.0131. The number of nitrogens with zero attached hydrogens (tertiary/aromatic N) is 4. The number of H-pyrrole nitrogens is 1. The van der Waals surface area contributed by atoms with Crippen LogP contribution in [0.3, 0.4) is 0 Å². The lowest BCUT2D eigenvalue weighted by molar-refractivity contribution is 0.0526. The van der Waals surface area contributed by atoms with Gasteiger partial charge in [0.2, 0.25) is 5.95 Å². The van der Waals surface area contributed by atoms with Crippen molar-refractivity contribution < 1.29 is 13.9 Å². The second-order valence-electron chi connectivity index (χ2n) is 7.13. The highest BCUT2D eigenvalue weighted by atomic mass is 35.5. The maximum Gasteiger partial charge on any atom is 0.339 e. The number of rotatable bonds is 9. The summed E-state index contributed by atoms with van der Waals surface area (Å²) in [5.74, 6) is -0.178. The SMILES string of the molecule is CCOC(=O)c1cncc(-c2cnc(Nc3ccc(F)c(Cl)c3)nc2NCCc2c[nH]cn2)c1. The fourth-order valence-electron chi connectivity index (χ4n) is 3.14. The van der Waals surface area contributed by atoms with Crippen LogP contribution in [0, 0.1) is 5.82 Å². The third kappa shape index (κ3) is 5.65. The standard InChI is InChI=1S/C23H21ClFN7O2/c1-2-34-22(33)15-7-14(9-26-10-15)18-12-29-23(31-16-3-4-20(25)19(24)8-16)32-21(18)28-6-5-17-11-27-13-30-17/h3-4,7-13H,2,5-6H2,1H3,(H,27,30)(H2,28,29,31,32). The molecule has 0 saturated heterocycles. The van der Waals surface area contributed by atoms with Crippen molar-refractivity contribution in [3.05, 3.63) is 77.5 Å². The maximum atomic E-state index is 13.5. The van der Waals surface area contributed by atoms with Crippen molar-refractivity contribution in [1.29, 1.82) is 0 Å². The minimum Gasteiger partial charge on any atom is -0.462 e. The molecule has 0 saturated carbocycles. The number of carbonyl (C=O) groups is 1. The Balaban J connectivity index is 1.63. The monoisotopic (exact) mass is 481 g/mol. The second kappa shape index (κ2) is 10.7. The van der Waals surface area contributed by atoms with E-state index < -0.39 is 11.8 Å². The van der Waals surface area contributed by atoms with Crippen LogP contribution in [0.1, 0.15) is 23.0 Å². The summed E-state index contributed by atoms with van der Waals surface area (Å²) < 4.78 is 18.6. The van der Waals surface area contributed by atoms with Gasteiger partial charge in [-0.15, -0.1) is 0 Å². The fraction of sp³-hybridized carbons (Fsp3) is 0.174. The number of imidazole rings is 1. The van der Waals surface area contributed by atoms with Crippen LogP contribution in [0.5, 0.6) is 0 Å². The topological polar surface area (TPSA) is 118 Å². The third-order valence-corrected chi connectivity index (χ3v) is 5.04. The summed E-state index contributed by atoms with van der Waals surface area (Å²) in [4.78, 5) is 32.4. The Bertz CT molecular complexity index is 1280. The number of benzene rings is 1. The summed E-state index contributed by atoms with van der Waals surface area (Å²) in [6.45, 7) is 2.55. The van der Waals surface area contributed by atoms with E-state index in [0.717, 1.165) is 5.69 Å². The van der Waals surface area contributed by atoms with Crippen molar-refractivity contribution in [2.75, 3.05) is 23.8 Å². The van der Waals surface area contributed by atoms with E-state index in [9.17, 15) is 9.18 Å². The normalized spacial score (nSPS) is 10.7. The van der Waals surface area contributed by atoms with E-state index in [-0.39, 0.29) is 17.6 Å². The Morgan fingerprint density at radius 3 is 2.85 bits per heavy atom. The van der Waals surface area contributed by atoms with Crippen LogP contribution < -0.4 is 10.6 Å². The number of ether oxygens (including phenoxy) is 1. The van der Waals surface area contributed by atoms with Gasteiger partial charge in [0.15, 0.2) is 0 Å². The molecular weight excluding hydrogens is 461 g/mol. The highest BCUT2D eigenvalue weighted by Crippen LogP contribution is 2.28. The van der Waals surface area contributed by atoms with Gasteiger partial charge in [-0.25, -0.2) is 19.2 Å². The molecule has 0 radical (unpaired) electrons. The Morgan fingerprint density at radius 1 is 1.21 bits per heavy atom. The molecule has 174 valence electrons. The molecule has 34 heavy (non-hydrogen) atoms. The van der Waals surface area contributed by atoms with Gasteiger partial charge < -0.3 is 20.4 Å². The first-order chi connectivity index (χ1) is 16.5. The summed E-state index contributed by atoms with van der Waals surface area (Å²) in [6, 6.07) is 5.92. The number of esters is 1. The molecule has 0 aliphatic heterocycles. The van der Waals surface area contributed by atoms with E-state index >= 15 is 0 Å². The first-order valence-electron chi connectivity index (χ1n) is 10.5. The highest BCUT2D eigenvalue weighted by Gasteiger charge is 2.14. The lowest BCUT2D eigenvalue weighted by atomic mass is 10.1. The first-order valence-corrected chi connectivity index (χ1v) is 10.8. The molecular formula is C23H21ClFN7O2. The molecule has 4 aromatic rings. The number of hydrogen-bond acceptors (Lipinski definition) is 8. The number of carbonyl (C=O) groups excluding carboxylic acids is 1. The van der Waals surface area contributed by atoms with E-state index in [1.165, 1.54) is 24.4 Å². The van der Waals surface area contributed by atoms with Gasteiger partial charge in [0.05, 0.1) is 29.2 Å². The van der Waals surface area contributed by atoms with E-state index in [1.807, 2.05) is 6.20 Å². The lowest BCUT2D eigenvalue weighted by Crippen LogP contribution is -2.10. The average Bonchev–Trinajstić information content (AvgIpc) is 3.35. The van der Waals surface area contributed by atoms with Gasteiger partial charge in [-0.1, -0.05) is 11.6 Å². The summed E-state index contributed by atoms with van der Waals surface area (Å²) in [5.41, 5.74) is 3.04. The molecule has 3 aromatic heterocycles. The van der Waals surface area contributed by atoms with Crippen molar-refractivity contribution in [2.45, 2.75) is 13.3 Å². The minimum atomic E-state index is -0.516. The number of aromatic amines is 1. The fourth-order valence-corrected chi connectivity index (χ4v) is 3.32. The van der Waals surface area contributed by atoms with Crippen LogP contribution >= 0.6 is 11.6 Å². The molecule has 4 rings (SSSR count). The van der Waals surface area contributed by atoms with Gasteiger partial charge >= 0.3 is 5.97 Å². The van der Waals surface area contributed by atoms with E-state index in [0.29, 0.717) is 41.2 Å². The van der Waals surface area contributed by atoms with Gasteiger partial charge in [-0.05, 0) is 31.2 Å². The van der Waals surface area contributed by atoms with Crippen molar-refractivity contribution in [3.63, 3.8) is 0 Å². The van der Waals surface area contributed by atoms with E-state index in [4.69, 9.17) is 16.3 Å². The second-order valence-corrected chi connectivity index (χ2v) is 7.54. The molecule has 0 amide bonds. The zero-order valence-corrected chi connectivity index (χ0v) is 18.9. The zero-order valence-electron chi connectivity index (χ0n) is 18.2. The summed E-state index contributed by atoms with van der Waals surface area (Å²) in [6.07, 6.45) is 8.77. The van der Waals surface area contributed by atoms with Crippen LogP contribution in [0.15, 0.2) is 55.4 Å². The molecule has 3 N–H and O–H groups in total. The predicted octanol–water partition coefficient (Wildman–Crippen LogP) is 4.63. The molecule has 0 spiro atoms. The Hall–Kier alpha value is -4.05. The van der Waals surface area contributed by atoms with E-state index in [1.54, 1.807) is 31.7 Å². The van der Waals surface area contributed by atoms with E-state index in [2.05, 4.69) is 35.6 Å². The number of aromatic nitrogens is 5. The van der Waals surface area contributed by atoms with Gasteiger partial charge in [0, 0.05) is 54.6 Å². The van der Waals surface area contributed by atoms with Gasteiger partial charge in [0.1, 0.15) is 11.6 Å². The van der Waals surface area contributed by atoms with Crippen LogP contribution in [0.4, 0.5) is 21.8 Å². The quantitative estimate of drug-likeness (QED) is 0.296. The number of anilines is 3. The molecule has 11 heteroatoms. The first kappa shape index (κ1) is 23.1. The molecule has 0 unspecified atom stereocenters. The Kier molecular flexibility index (Phi) is 7.28. The van der Waals surface area contributed by atoms with Crippen LogP contribution in [-0.4, -0.2) is 44.0 Å². The summed E-state index contributed by atoms with van der Waals surface area (Å²) in [7, 11) is 0. The average molecular weight is 482 g/mol. The van der Waals surface area contributed by atoms with Crippen LogP contribution in [0.25, 0.3) is 11.1 Å². The molecule has 0 aliphatic carbocycles. The molecule has 1 aromatic carbocycles. The largest absolute Gasteiger partial charge is 0.462 e. The summed E-state index contributed by atoms with van der Waals surface area (Å²) >= 11 is 5.88. The summed E-state index contributed by atoms with van der Waals surface area (Å²) in [5, 5.41) is 6.30.